The van der Waals surface area contributed by atoms with Crippen LogP contribution in [0.5, 0.6) is 5.75 Å². The van der Waals surface area contributed by atoms with Crippen LogP contribution >= 0.6 is 0 Å². The van der Waals surface area contributed by atoms with Gasteiger partial charge >= 0.3 is 0 Å². The zero-order valence-corrected chi connectivity index (χ0v) is 17.7. The van der Waals surface area contributed by atoms with Crippen molar-refractivity contribution < 1.29 is 17.9 Å². The van der Waals surface area contributed by atoms with Crippen LogP contribution in [0, 0.1) is 0 Å². The molecular formula is C20H27N5O4S. The van der Waals surface area contributed by atoms with Crippen molar-refractivity contribution in [1.29, 1.82) is 0 Å². The van der Waals surface area contributed by atoms with E-state index in [2.05, 4.69) is 20.0 Å². The van der Waals surface area contributed by atoms with Crippen molar-refractivity contribution in [1.82, 2.24) is 14.5 Å². The second kappa shape index (κ2) is 9.59. The number of hydrogen-bond donors (Lipinski definition) is 0. The average Bonchev–Trinajstić information content (AvgIpc) is 2.80. The third-order valence-corrected chi connectivity index (χ3v) is 7.15. The first kappa shape index (κ1) is 20.8. The largest absolute Gasteiger partial charge is 0.492 e. The molecule has 0 atom stereocenters. The van der Waals surface area contributed by atoms with Crippen LogP contribution < -0.4 is 14.5 Å². The minimum atomic E-state index is -3.35. The number of rotatable bonds is 7. The molecule has 0 radical (unpaired) electrons. The maximum Gasteiger partial charge on any atom is 0.217 e. The number of para-hydroxylation sites is 1. The van der Waals surface area contributed by atoms with E-state index in [9.17, 15) is 8.42 Å². The highest BCUT2D eigenvalue weighted by Gasteiger charge is 2.27. The molecule has 0 aliphatic carbocycles. The van der Waals surface area contributed by atoms with Crippen LogP contribution in [-0.2, 0) is 14.8 Å². The van der Waals surface area contributed by atoms with Crippen molar-refractivity contribution in [3.8, 4) is 5.75 Å². The van der Waals surface area contributed by atoms with Crippen LogP contribution in [0.2, 0.25) is 0 Å². The van der Waals surface area contributed by atoms with E-state index in [4.69, 9.17) is 9.47 Å². The van der Waals surface area contributed by atoms with Crippen molar-refractivity contribution in [3.05, 3.63) is 42.6 Å². The Balaban J connectivity index is 1.30. The van der Waals surface area contributed by atoms with Crippen LogP contribution in [0.25, 0.3) is 0 Å². The monoisotopic (exact) mass is 433 g/mol. The molecule has 0 unspecified atom stereocenters. The molecule has 2 fully saturated rings. The number of nitrogens with zero attached hydrogens (tertiary/aromatic N) is 5. The molecule has 0 amide bonds. The highest BCUT2D eigenvalue weighted by atomic mass is 32.2. The quantitative estimate of drug-likeness (QED) is 0.635. The highest BCUT2D eigenvalue weighted by Crippen LogP contribution is 2.22. The Morgan fingerprint density at radius 3 is 2.43 bits per heavy atom. The molecule has 10 heteroatoms. The predicted molar refractivity (Wildman–Crippen MR) is 115 cm³/mol. The molecule has 3 heterocycles. The van der Waals surface area contributed by atoms with Gasteiger partial charge in [-0.05, 0) is 12.1 Å². The lowest BCUT2D eigenvalue weighted by atomic mass is 10.3. The van der Waals surface area contributed by atoms with Gasteiger partial charge < -0.3 is 19.3 Å². The Hall–Kier alpha value is -2.43. The molecular weight excluding hydrogens is 406 g/mol. The van der Waals surface area contributed by atoms with Crippen LogP contribution in [0.4, 0.5) is 11.5 Å². The molecule has 162 valence electrons. The molecule has 2 aromatic rings. The Labute approximate surface area is 177 Å². The van der Waals surface area contributed by atoms with Crippen LogP contribution in [0.1, 0.15) is 0 Å². The Morgan fingerprint density at radius 2 is 1.70 bits per heavy atom. The minimum Gasteiger partial charge on any atom is -0.492 e. The molecule has 1 aromatic carbocycles. The molecule has 0 bridgehead atoms. The topological polar surface area (TPSA) is 88.1 Å². The highest BCUT2D eigenvalue weighted by molar-refractivity contribution is 7.89. The Morgan fingerprint density at radius 1 is 0.967 bits per heavy atom. The predicted octanol–water partition coefficient (Wildman–Crippen LogP) is 0.844. The molecule has 0 saturated carbocycles. The van der Waals surface area contributed by atoms with Crippen molar-refractivity contribution >= 4 is 21.5 Å². The summed E-state index contributed by atoms with van der Waals surface area (Å²) in [6.07, 6.45) is 1.74. The molecule has 2 saturated heterocycles. The number of piperazine rings is 1. The molecule has 30 heavy (non-hydrogen) atoms. The summed E-state index contributed by atoms with van der Waals surface area (Å²) in [4.78, 5) is 4.32. The van der Waals surface area contributed by atoms with Gasteiger partial charge in [-0.3, -0.25) is 0 Å². The Bertz CT molecular complexity index is 914. The van der Waals surface area contributed by atoms with Crippen molar-refractivity contribution in [2.75, 3.05) is 74.6 Å². The standard InChI is InChI=1S/C20H27N5O4S/c26-30(27,15-14-29-19-4-2-1-3-5-19)25-8-6-23(7-9-25)18-16-20(22-21-17-18)24-10-12-28-13-11-24/h1-5,16-17H,6-15H2. The van der Waals surface area contributed by atoms with Crippen LogP contribution in [-0.4, -0.2) is 87.8 Å². The number of anilines is 2. The fourth-order valence-electron chi connectivity index (χ4n) is 3.60. The first-order chi connectivity index (χ1) is 14.6. The summed E-state index contributed by atoms with van der Waals surface area (Å²) in [5.41, 5.74) is 0.968. The normalized spacial score (nSPS) is 18.4. The number of benzene rings is 1. The fourth-order valence-corrected chi connectivity index (χ4v) is 4.87. The number of aromatic nitrogens is 2. The number of ether oxygens (including phenoxy) is 2. The van der Waals surface area contributed by atoms with Gasteiger partial charge in [-0.25, -0.2) is 8.42 Å². The van der Waals surface area contributed by atoms with Gasteiger partial charge in [0, 0.05) is 45.3 Å². The lowest BCUT2D eigenvalue weighted by Crippen LogP contribution is -2.49. The average molecular weight is 434 g/mol. The van der Waals surface area contributed by atoms with E-state index >= 15 is 0 Å². The van der Waals surface area contributed by atoms with E-state index in [0.29, 0.717) is 45.1 Å². The second-order valence-corrected chi connectivity index (χ2v) is 9.32. The molecule has 1 aromatic heterocycles. The summed E-state index contributed by atoms with van der Waals surface area (Å²) in [6, 6.07) is 11.3. The van der Waals surface area contributed by atoms with Gasteiger partial charge in [-0.2, -0.15) is 9.40 Å². The van der Waals surface area contributed by atoms with E-state index < -0.39 is 10.0 Å². The lowest BCUT2D eigenvalue weighted by Gasteiger charge is -2.35. The van der Waals surface area contributed by atoms with Crippen LogP contribution in [0.15, 0.2) is 42.6 Å². The summed E-state index contributed by atoms with van der Waals surface area (Å²) < 4.78 is 37.8. The van der Waals surface area contributed by atoms with E-state index in [1.807, 2.05) is 36.4 Å². The molecule has 0 spiro atoms. The number of hydrogen-bond acceptors (Lipinski definition) is 8. The third-order valence-electron chi connectivity index (χ3n) is 5.31. The summed E-state index contributed by atoms with van der Waals surface area (Å²) in [7, 11) is -3.35. The van der Waals surface area contributed by atoms with Gasteiger partial charge in [-0.15, -0.1) is 5.10 Å². The van der Waals surface area contributed by atoms with Gasteiger partial charge in [0.2, 0.25) is 10.0 Å². The second-order valence-electron chi connectivity index (χ2n) is 7.24. The zero-order valence-electron chi connectivity index (χ0n) is 16.9. The molecule has 0 N–H and O–H groups in total. The van der Waals surface area contributed by atoms with Crippen molar-refractivity contribution in [2.24, 2.45) is 0 Å². The number of morpholine rings is 1. The van der Waals surface area contributed by atoms with Crippen molar-refractivity contribution in [2.45, 2.75) is 0 Å². The van der Waals surface area contributed by atoms with Gasteiger partial charge in [0.1, 0.15) is 12.4 Å². The smallest absolute Gasteiger partial charge is 0.217 e. The first-order valence-corrected chi connectivity index (χ1v) is 11.8. The summed E-state index contributed by atoms with van der Waals surface area (Å²) in [6.45, 7) is 5.26. The third kappa shape index (κ3) is 5.18. The summed E-state index contributed by atoms with van der Waals surface area (Å²) >= 11 is 0. The first-order valence-electron chi connectivity index (χ1n) is 10.2. The Kier molecular flexibility index (Phi) is 6.66. The van der Waals surface area contributed by atoms with Gasteiger partial charge in [-0.1, -0.05) is 18.2 Å². The summed E-state index contributed by atoms with van der Waals surface area (Å²) in [5.74, 6) is 1.49. The van der Waals surface area contributed by atoms with Crippen molar-refractivity contribution in [3.63, 3.8) is 0 Å². The van der Waals surface area contributed by atoms with E-state index in [-0.39, 0.29) is 12.4 Å². The van der Waals surface area contributed by atoms with Gasteiger partial charge in [0.05, 0.1) is 30.9 Å². The molecule has 2 aliphatic rings. The minimum absolute atomic E-state index is 0.0279. The SMILES string of the molecule is O=S(=O)(CCOc1ccccc1)N1CCN(c2cnnc(N3CCOCC3)c2)CC1. The van der Waals surface area contributed by atoms with Gasteiger partial charge in [0.25, 0.3) is 0 Å². The summed E-state index contributed by atoms with van der Waals surface area (Å²) in [5, 5.41) is 8.39. The molecule has 4 rings (SSSR count). The maximum absolute atomic E-state index is 12.7. The maximum atomic E-state index is 12.7. The molecule has 2 aliphatic heterocycles. The number of sulfonamides is 1. The fraction of sp³-hybridized carbons (Fsp3) is 0.500. The van der Waals surface area contributed by atoms with Crippen LogP contribution in [0.3, 0.4) is 0 Å². The van der Waals surface area contributed by atoms with E-state index in [1.54, 1.807) is 10.5 Å². The molecule has 9 nitrogen and oxygen atoms in total. The van der Waals surface area contributed by atoms with E-state index in [0.717, 1.165) is 24.6 Å². The van der Waals surface area contributed by atoms with E-state index in [1.165, 1.54) is 0 Å². The lowest BCUT2D eigenvalue weighted by molar-refractivity contribution is 0.122. The zero-order chi connectivity index (χ0) is 20.8. The van der Waals surface area contributed by atoms with Gasteiger partial charge in [0.15, 0.2) is 5.82 Å².